The summed E-state index contributed by atoms with van der Waals surface area (Å²) in [5.41, 5.74) is 5.85. The standard InChI is InChI=1S/C37H39N3O2/c1-2-38-20-22-39(23-21-38)37(41)25-34(31-16-11-17-32(24-31)42-28-30-14-7-4-8-15-30)35-27-40(26-29-12-5-3-6-13-29)36-19-10-9-18-33(35)36/h3-19,24,27,34H,2,20-23,25-26,28H2,1H3/t34-/m1/s1. The smallest absolute Gasteiger partial charge is 0.223 e. The summed E-state index contributed by atoms with van der Waals surface area (Å²) in [5.74, 6) is 0.938. The van der Waals surface area contributed by atoms with Crippen LogP contribution >= 0.6 is 0 Å². The van der Waals surface area contributed by atoms with E-state index in [0.717, 1.165) is 56.1 Å². The summed E-state index contributed by atoms with van der Waals surface area (Å²) >= 11 is 0. The lowest BCUT2D eigenvalue weighted by Crippen LogP contribution is -2.48. The zero-order valence-electron chi connectivity index (χ0n) is 24.4. The predicted octanol–water partition coefficient (Wildman–Crippen LogP) is 6.95. The number of likely N-dealkylation sites (N-methyl/N-ethyl adjacent to an activating group) is 1. The van der Waals surface area contributed by atoms with Gasteiger partial charge in [0, 0.05) is 62.2 Å². The lowest BCUT2D eigenvalue weighted by atomic mass is 9.87. The first-order chi connectivity index (χ1) is 20.7. The van der Waals surface area contributed by atoms with Crippen LogP contribution in [0.4, 0.5) is 0 Å². The highest BCUT2D eigenvalue weighted by atomic mass is 16.5. The fraction of sp³-hybridized carbons (Fsp3) is 0.270. The minimum Gasteiger partial charge on any atom is -0.489 e. The molecule has 6 rings (SSSR count). The van der Waals surface area contributed by atoms with Crippen molar-refractivity contribution in [1.29, 1.82) is 0 Å². The van der Waals surface area contributed by atoms with E-state index in [-0.39, 0.29) is 11.8 Å². The SMILES string of the molecule is CCN1CCN(C(=O)C[C@H](c2cccc(OCc3ccccc3)c2)c2cn(Cc3ccccc3)c3ccccc23)CC1. The van der Waals surface area contributed by atoms with E-state index in [0.29, 0.717) is 13.0 Å². The molecule has 2 heterocycles. The molecule has 1 aliphatic heterocycles. The maximum atomic E-state index is 13.8. The molecule has 1 saturated heterocycles. The third kappa shape index (κ3) is 6.42. The molecule has 0 radical (unpaired) electrons. The van der Waals surface area contributed by atoms with Crippen LogP contribution < -0.4 is 4.74 Å². The second-order valence-electron chi connectivity index (χ2n) is 11.1. The second kappa shape index (κ2) is 13.1. The lowest BCUT2D eigenvalue weighted by Gasteiger charge is -2.35. The molecule has 5 aromatic rings. The Balaban J connectivity index is 1.34. The maximum absolute atomic E-state index is 13.8. The number of rotatable bonds is 10. The number of carbonyl (C=O) groups excluding carboxylic acids is 1. The number of fused-ring (bicyclic) bond motifs is 1. The summed E-state index contributed by atoms with van der Waals surface area (Å²) in [6.07, 6.45) is 2.69. The van der Waals surface area contributed by atoms with Crippen LogP contribution in [-0.2, 0) is 17.9 Å². The Kier molecular flexibility index (Phi) is 8.67. The van der Waals surface area contributed by atoms with Gasteiger partial charge < -0.3 is 19.1 Å². The number of aromatic nitrogens is 1. The van der Waals surface area contributed by atoms with Gasteiger partial charge in [0.2, 0.25) is 5.91 Å². The van der Waals surface area contributed by atoms with Gasteiger partial charge in [-0.2, -0.15) is 0 Å². The van der Waals surface area contributed by atoms with E-state index >= 15 is 0 Å². The van der Waals surface area contributed by atoms with Crippen molar-refractivity contribution in [3.05, 3.63) is 138 Å². The average Bonchev–Trinajstić information content (AvgIpc) is 3.41. The van der Waals surface area contributed by atoms with Gasteiger partial charge in [-0.05, 0) is 47.0 Å². The number of hydrogen-bond acceptors (Lipinski definition) is 3. The minimum atomic E-state index is -0.0936. The fourth-order valence-corrected chi connectivity index (χ4v) is 6.05. The molecular formula is C37H39N3O2. The third-order valence-electron chi connectivity index (χ3n) is 8.45. The number of nitrogens with zero attached hydrogens (tertiary/aromatic N) is 3. The summed E-state index contributed by atoms with van der Waals surface area (Å²) in [7, 11) is 0. The van der Waals surface area contributed by atoms with Gasteiger partial charge in [0.1, 0.15) is 12.4 Å². The van der Waals surface area contributed by atoms with E-state index < -0.39 is 0 Å². The van der Waals surface area contributed by atoms with Crippen LogP contribution in [0, 0.1) is 0 Å². The van der Waals surface area contributed by atoms with Gasteiger partial charge in [-0.3, -0.25) is 4.79 Å². The summed E-state index contributed by atoms with van der Waals surface area (Å²) in [5, 5.41) is 1.19. The Bertz CT molecular complexity index is 1600. The average molecular weight is 558 g/mol. The van der Waals surface area contributed by atoms with E-state index in [2.05, 4.69) is 112 Å². The highest BCUT2D eigenvalue weighted by Crippen LogP contribution is 2.37. The first kappa shape index (κ1) is 27.8. The molecule has 4 aromatic carbocycles. The van der Waals surface area contributed by atoms with E-state index in [9.17, 15) is 4.79 Å². The normalized spacial score (nSPS) is 14.6. The molecule has 214 valence electrons. The van der Waals surface area contributed by atoms with Crippen molar-refractivity contribution in [1.82, 2.24) is 14.4 Å². The molecule has 1 amide bonds. The molecule has 0 bridgehead atoms. The molecule has 1 fully saturated rings. The minimum absolute atomic E-state index is 0.0936. The highest BCUT2D eigenvalue weighted by molar-refractivity contribution is 5.87. The van der Waals surface area contributed by atoms with Crippen LogP contribution in [0.3, 0.4) is 0 Å². The highest BCUT2D eigenvalue weighted by Gasteiger charge is 2.27. The Labute approximate surface area is 249 Å². The lowest BCUT2D eigenvalue weighted by molar-refractivity contribution is -0.133. The van der Waals surface area contributed by atoms with Crippen LogP contribution in [0.5, 0.6) is 5.75 Å². The Hall–Kier alpha value is -4.35. The fourth-order valence-electron chi connectivity index (χ4n) is 6.05. The zero-order chi connectivity index (χ0) is 28.7. The van der Waals surface area contributed by atoms with Crippen molar-refractivity contribution in [2.75, 3.05) is 32.7 Å². The quantitative estimate of drug-likeness (QED) is 0.186. The van der Waals surface area contributed by atoms with Crippen LogP contribution in [0.2, 0.25) is 0 Å². The van der Waals surface area contributed by atoms with Crippen molar-refractivity contribution >= 4 is 16.8 Å². The van der Waals surface area contributed by atoms with Gasteiger partial charge in [0.15, 0.2) is 0 Å². The molecule has 0 saturated carbocycles. The Morgan fingerprint density at radius 3 is 2.21 bits per heavy atom. The van der Waals surface area contributed by atoms with Gasteiger partial charge in [-0.15, -0.1) is 0 Å². The van der Waals surface area contributed by atoms with Gasteiger partial charge in [-0.25, -0.2) is 0 Å². The zero-order valence-corrected chi connectivity index (χ0v) is 24.4. The largest absolute Gasteiger partial charge is 0.489 e. The van der Waals surface area contributed by atoms with Crippen LogP contribution in [-0.4, -0.2) is 53.0 Å². The van der Waals surface area contributed by atoms with Gasteiger partial charge >= 0.3 is 0 Å². The molecule has 0 unspecified atom stereocenters. The summed E-state index contributed by atoms with van der Waals surface area (Å²) in [6.45, 7) is 7.95. The molecule has 1 aromatic heterocycles. The predicted molar refractivity (Wildman–Crippen MR) is 170 cm³/mol. The summed E-state index contributed by atoms with van der Waals surface area (Å²) in [6, 6.07) is 37.7. The van der Waals surface area contributed by atoms with E-state index in [1.54, 1.807) is 0 Å². The molecule has 0 spiro atoms. The van der Waals surface area contributed by atoms with Crippen LogP contribution in [0.15, 0.2) is 115 Å². The monoisotopic (exact) mass is 557 g/mol. The molecule has 0 aliphatic carbocycles. The van der Waals surface area contributed by atoms with Crippen LogP contribution in [0.1, 0.15) is 41.5 Å². The summed E-state index contributed by atoms with van der Waals surface area (Å²) < 4.78 is 8.56. The van der Waals surface area contributed by atoms with Crippen molar-refractivity contribution in [2.45, 2.75) is 32.4 Å². The number of carbonyl (C=O) groups is 1. The van der Waals surface area contributed by atoms with Crippen molar-refractivity contribution in [2.24, 2.45) is 0 Å². The van der Waals surface area contributed by atoms with E-state index in [1.165, 1.54) is 22.0 Å². The number of piperazine rings is 1. The third-order valence-corrected chi connectivity index (χ3v) is 8.45. The van der Waals surface area contributed by atoms with Crippen molar-refractivity contribution in [3.8, 4) is 5.75 Å². The van der Waals surface area contributed by atoms with Crippen molar-refractivity contribution < 1.29 is 9.53 Å². The Morgan fingerprint density at radius 1 is 0.786 bits per heavy atom. The number of benzene rings is 4. The topological polar surface area (TPSA) is 37.7 Å². The van der Waals surface area contributed by atoms with Gasteiger partial charge in [0.05, 0.1) is 0 Å². The van der Waals surface area contributed by atoms with Gasteiger partial charge in [-0.1, -0.05) is 97.9 Å². The molecule has 1 atom stereocenters. The molecule has 0 N–H and O–H groups in total. The summed E-state index contributed by atoms with van der Waals surface area (Å²) in [4.78, 5) is 18.3. The number of ether oxygens (including phenoxy) is 1. The number of hydrogen-bond donors (Lipinski definition) is 0. The van der Waals surface area contributed by atoms with E-state index in [1.807, 2.05) is 24.3 Å². The molecular weight excluding hydrogens is 518 g/mol. The molecule has 42 heavy (non-hydrogen) atoms. The first-order valence-electron chi connectivity index (χ1n) is 15.1. The molecule has 5 nitrogen and oxygen atoms in total. The van der Waals surface area contributed by atoms with Crippen molar-refractivity contribution in [3.63, 3.8) is 0 Å². The number of para-hydroxylation sites is 1. The maximum Gasteiger partial charge on any atom is 0.223 e. The Morgan fingerprint density at radius 2 is 1.48 bits per heavy atom. The molecule has 5 heteroatoms. The van der Waals surface area contributed by atoms with E-state index in [4.69, 9.17) is 4.74 Å². The number of amides is 1. The van der Waals surface area contributed by atoms with Crippen LogP contribution in [0.25, 0.3) is 10.9 Å². The van der Waals surface area contributed by atoms with Gasteiger partial charge in [0.25, 0.3) is 0 Å². The molecule has 1 aliphatic rings. The first-order valence-corrected chi connectivity index (χ1v) is 15.1. The second-order valence-corrected chi connectivity index (χ2v) is 11.1.